The Labute approximate surface area is 238 Å². The summed E-state index contributed by atoms with van der Waals surface area (Å²) < 4.78 is 10.6. The first-order chi connectivity index (χ1) is 19.7. The molecule has 2 amide bonds. The van der Waals surface area contributed by atoms with Gasteiger partial charge in [-0.15, -0.1) is 11.3 Å². The van der Waals surface area contributed by atoms with E-state index in [1.54, 1.807) is 25.1 Å². The Hall–Kier alpha value is -4.91. The summed E-state index contributed by atoms with van der Waals surface area (Å²) in [6, 6.07) is 11.6. The molecule has 0 unspecified atom stereocenters. The highest BCUT2D eigenvalue weighted by molar-refractivity contribution is 7.17. The third-order valence-electron chi connectivity index (χ3n) is 6.21. The van der Waals surface area contributed by atoms with Crippen molar-refractivity contribution in [3.05, 3.63) is 85.8 Å². The highest BCUT2D eigenvalue weighted by Crippen LogP contribution is 2.38. The van der Waals surface area contributed by atoms with E-state index in [-0.39, 0.29) is 34.2 Å². The molecule has 4 rings (SSSR count). The van der Waals surface area contributed by atoms with Crippen LogP contribution in [0, 0.1) is 10.1 Å². The Morgan fingerprint density at radius 2 is 1.66 bits per heavy atom. The number of thiophene rings is 1. The maximum atomic E-state index is 12.7. The number of esters is 2. The number of nitro benzene ring substituents is 1. The van der Waals surface area contributed by atoms with Crippen molar-refractivity contribution in [2.75, 3.05) is 11.9 Å². The number of fused-ring (bicyclic) bond motifs is 1. The van der Waals surface area contributed by atoms with Gasteiger partial charge in [-0.1, -0.05) is 24.3 Å². The Morgan fingerprint density at radius 3 is 2.39 bits per heavy atom. The predicted molar refractivity (Wildman–Crippen MR) is 150 cm³/mol. The van der Waals surface area contributed by atoms with Gasteiger partial charge in [-0.05, 0) is 63.3 Å². The first-order valence-corrected chi connectivity index (χ1v) is 13.5. The van der Waals surface area contributed by atoms with Gasteiger partial charge < -0.3 is 14.8 Å². The fourth-order valence-electron chi connectivity index (χ4n) is 4.29. The Balaban J connectivity index is 1.48. The van der Waals surface area contributed by atoms with E-state index in [1.165, 1.54) is 48.6 Å². The fourth-order valence-corrected chi connectivity index (χ4v) is 5.57. The lowest BCUT2D eigenvalue weighted by molar-refractivity contribution is -0.385. The fraction of sp³-hybridized carbons (Fsp3) is 0.250. The molecule has 0 radical (unpaired) electrons. The molecule has 0 aliphatic heterocycles. The van der Waals surface area contributed by atoms with Gasteiger partial charge in [0.05, 0.1) is 22.8 Å². The quantitative estimate of drug-likeness (QED) is 0.0990. The molecule has 0 fully saturated rings. The summed E-state index contributed by atoms with van der Waals surface area (Å²) in [4.78, 5) is 62.2. The summed E-state index contributed by atoms with van der Waals surface area (Å²) in [5, 5.41) is 18.0. The van der Waals surface area contributed by atoms with E-state index < -0.39 is 34.4 Å². The number of hydrogen-bond donors (Lipinski definition) is 2. The van der Waals surface area contributed by atoms with Gasteiger partial charge in [-0.3, -0.25) is 19.7 Å². The molecule has 2 N–H and O–H groups in total. The number of para-hydroxylation sites is 2. The SMILES string of the molecule is CCOC(=O)c1c(NC(=O)C(=O)N/N=C(\C)c2ccccc2OC(=O)c2ccccc2[N+](=O)[O-])sc2c1CCCC2. The van der Waals surface area contributed by atoms with Crippen LogP contribution in [0.1, 0.15) is 63.4 Å². The van der Waals surface area contributed by atoms with Crippen LogP contribution in [-0.2, 0) is 27.2 Å². The zero-order chi connectivity index (χ0) is 29.5. The first kappa shape index (κ1) is 29.1. The second-order valence-corrected chi connectivity index (χ2v) is 9.99. The predicted octanol–water partition coefficient (Wildman–Crippen LogP) is 4.41. The van der Waals surface area contributed by atoms with Gasteiger partial charge in [0.15, 0.2) is 0 Å². The number of anilines is 1. The van der Waals surface area contributed by atoms with Gasteiger partial charge >= 0.3 is 23.8 Å². The maximum absolute atomic E-state index is 12.7. The molecule has 3 aromatic rings. The van der Waals surface area contributed by atoms with Crippen LogP contribution in [0.25, 0.3) is 0 Å². The van der Waals surface area contributed by atoms with Gasteiger partial charge in [-0.2, -0.15) is 5.10 Å². The number of amides is 2. The molecule has 0 atom stereocenters. The van der Waals surface area contributed by atoms with Gasteiger partial charge in [0.2, 0.25) is 0 Å². The van der Waals surface area contributed by atoms with Crippen LogP contribution in [0.4, 0.5) is 10.7 Å². The summed E-state index contributed by atoms with van der Waals surface area (Å²) in [6.07, 6.45) is 3.35. The van der Waals surface area contributed by atoms with E-state index in [0.29, 0.717) is 12.0 Å². The zero-order valence-corrected chi connectivity index (χ0v) is 23.0. The van der Waals surface area contributed by atoms with E-state index in [1.807, 2.05) is 0 Å². The minimum atomic E-state index is -1.08. The average molecular weight is 579 g/mol. The molecule has 1 heterocycles. The standard InChI is InChI=1S/C28H26N4O8S/c1-3-39-28(36)23-19-12-6-9-15-22(19)41-26(23)29-24(33)25(34)31-30-16(2)17-10-5-8-14-21(17)40-27(35)18-11-4-7-13-20(18)32(37)38/h4-5,7-8,10-11,13-14H,3,6,9,12,15H2,1-2H3,(H,29,33)(H,31,34)/b30-16+. The molecule has 0 bridgehead atoms. The van der Waals surface area contributed by atoms with Gasteiger partial charge in [-0.25, -0.2) is 15.0 Å². The summed E-state index contributed by atoms with van der Waals surface area (Å²) in [5.74, 6) is -3.57. The number of benzene rings is 2. The van der Waals surface area contributed by atoms with Crippen LogP contribution in [0.5, 0.6) is 5.75 Å². The lowest BCUT2D eigenvalue weighted by Crippen LogP contribution is -2.33. The highest BCUT2D eigenvalue weighted by Gasteiger charge is 2.28. The van der Waals surface area contributed by atoms with Crippen molar-refractivity contribution < 1.29 is 33.6 Å². The Kier molecular flexibility index (Phi) is 9.19. The molecule has 0 saturated heterocycles. The van der Waals surface area contributed by atoms with E-state index in [2.05, 4.69) is 15.8 Å². The van der Waals surface area contributed by atoms with Crippen molar-refractivity contribution in [3.8, 4) is 5.75 Å². The van der Waals surface area contributed by atoms with Crippen molar-refractivity contribution in [2.45, 2.75) is 39.5 Å². The highest BCUT2D eigenvalue weighted by atomic mass is 32.1. The van der Waals surface area contributed by atoms with Gasteiger partial charge in [0.25, 0.3) is 5.69 Å². The number of ether oxygens (including phenoxy) is 2. The number of nitrogens with one attached hydrogen (secondary N) is 2. The number of rotatable bonds is 8. The molecule has 0 spiro atoms. The summed E-state index contributed by atoms with van der Waals surface area (Å²) in [5.41, 5.74) is 3.15. The maximum Gasteiger partial charge on any atom is 0.350 e. The van der Waals surface area contributed by atoms with Gasteiger partial charge in [0.1, 0.15) is 16.3 Å². The number of nitrogens with zero attached hydrogens (tertiary/aromatic N) is 2. The molecule has 41 heavy (non-hydrogen) atoms. The smallest absolute Gasteiger partial charge is 0.350 e. The summed E-state index contributed by atoms with van der Waals surface area (Å²) in [7, 11) is 0. The zero-order valence-electron chi connectivity index (χ0n) is 22.2. The van der Waals surface area contributed by atoms with Crippen LogP contribution in [0.3, 0.4) is 0 Å². The number of carbonyl (C=O) groups excluding carboxylic acids is 4. The number of nitro groups is 1. The van der Waals surface area contributed by atoms with Gasteiger partial charge in [0, 0.05) is 16.5 Å². The Bertz CT molecular complexity index is 1560. The topological polar surface area (TPSA) is 166 Å². The second kappa shape index (κ2) is 13.0. The lowest BCUT2D eigenvalue weighted by Gasteiger charge is -2.12. The molecule has 0 saturated carbocycles. The molecule has 1 aromatic heterocycles. The first-order valence-electron chi connectivity index (χ1n) is 12.7. The van der Waals surface area contributed by atoms with Crippen LogP contribution in [-0.4, -0.2) is 41.0 Å². The minimum absolute atomic E-state index is 0.0406. The average Bonchev–Trinajstić information content (AvgIpc) is 3.33. The summed E-state index contributed by atoms with van der Waals surface area (Å²) >= 11 is 1.25. The van der Waals surface area contributed by atoms with Crippen LogP contribution < -0.4 is 15.5 Å². The third kappa shape index (κ3) is 6.64. The normalized spacial score (nSPS) is 12.6. The van der Waals surface area contributed by atoms with E-state index >= 15 is 0 Å². The van der Waals surface area contributed by atoms with Crippen LogP contribution >= 0.6 is 11.3 Å². The number of aryl methyl sites for hydroxylation is 1. The molecular formula is C28H26N4O8S. The molecule has 212 valence electrons. The molecule has 1 aliphatic rings. The molecule has 12 nitrogen and oxygen atoms in total. The number of carbonyl (C=O) groups is 4. The van der Waals surface area contributed by atoms with Crippen molar-refractivity contribution >= 4 is 51.5 Å². The molecule has 13 heteroatoms. The van der Waals surface area contributed by atoms with Crippen molar-refractivity contribution in [1.29, 1.82) is 0 Å². The molecule has 2 aromatic carbocycles. The Morgan fingerprint density at radius 1 is 0.976 bits per heavy atom. The van der Waals surface area contributed by atoms with E-state index in [4.69, 9.17) is 9.47 Å². The van der Waals surface area contributed by atoms with Crippen LogP contribution in [0.15, 0.2) is 53.6 Å². The van der Waals surface area contributed by atoms with Crippen molar-refractivity contribution in [1.82, 2.24) is 5.43 Å². The van der Waals surface area contributed by atoms with Crippen molar-refractivity contribution in [2.24, 2.45) is 5.10 Å². The lowest BCUT2D eigenvalue weighted by atomic mass is 9.95. The molecule has 1 aliphatic carbocycles. The summed E-state index contributed by atoms with van der Waals surface area (Å²) in [6.45, 7) is 3.37. The van der Waals surface area contributed by atoms with E-state index in [0.717, 1.165) is 29.7 Å². The monoisotopic (exact) mass is 578 g/mol. The third-order valence-corrected chi connectivity index (χ3v) is 7.42. The minimum Gasteiger partial charge on any atom is -0.462 e. The van der Waals surface area contributed by atoms with Crippen molar-refractivity contribution in [3.63, 3.8) is 0 Å². The second-order valence-electron chi connectivity index (χ2n) is 8.89. The van der Waals surface area contributed by atoms with E-state index in [9.17, 15) is 29.3 Å². The largest absolute Gasteiger partial charge is 0.462 e. The van der Waals surface area contributed by atoms with Crippen LogP contribution in [0.2, 0.25) is 0 Å². The number of hydrogen-bond acceptors (Lipinski definition) is 10. The number of hydrazone groups is 1. The molecular weight excluding hydrogens is 552 g/mol.